The fraction of sp³-hybridized carbons (Fsp3) is 0.700. The van der Waals surface area contributed by atoms with E-state index in [1.807, 2.05) is 31.3 Å². The van der Waals surface area contributed by atoms with Gasteiger partial charge in [0, 0.05) is 33.4 Å². The van der Waals surface area contributed by atoms with Gasteiger partial charge in [-0.2, -0.15) is 5.10 Å². The lowest BCUT2D eigenvalue weighted by Gasteiger charge is -2.18. The van der Waals surface area contributed by atoms with Gasteiger partial charge in [0.25, 0.3) is 0 Å². The molecule has 1 aromatic heterocycles. The molecule has 1 rings (SSSR count). The van der Waals surface area contributed by atoms with Crippen LogP contribution in [0.3, 0.4) is 0 Å². The number of nitrogens with zero attached hydrogens (tertiary/aromatic N) is 3. The molecule has 1 heterocycles. The summed E-state index contributed by atoms with van der Waals surface area (Å²) in [6.45, 7) is 1.69. The summed E-state index contributed by atoms with van der Waals surface area (Å²) >= 11 is 0. The first-order chi connectivity index (χ1) is 7.11. The van der Waals surface area contributed by atoms with Gasteiger partial charge in [-0.3, -0.25) is 9.58 Å². The Hall–Kier alpha value is -0.910. The quantitative estimate of drug-likeness (QED) is 0.714. The van der Waals surface area contributed by atoms with E-state index in [2.05, 4.69) is 5.10 Å². The molecule has 86 valence electrons. The highest BCUT2D eigenvalue weighted by molar-refractivity contribution is 4.98. The number of likely N-dealkylation sites (N-methyl/N-ethyl adjacent to an activating group) is 1. The Morgan fingerprint density at radius 1 is 1.67 bits per heavy atom. The van der Waals surface area contributed by atoms with E-state index < -0.39 is 6.10 Å². The molecule has 0 aliphatic heterocycles. The molecule has 0 saturated carbocycles. The van der Waals surface area contributed by atoms with Crippen molar-refractivity contribution in [1.29, 1.82) is 0 Å². The molecule has 0 radical (unpaired) electrons. The Kier molecular flexibility index (Phi) is 4.74. The van der Waals surface area contributed by atoms with Crippen molar-refractivity contribution in [2.24, 2.45) is 7.05 Å². The van der Waals surface area contributed by atoms with Crippen LogP contribution in [0.4, 0.5) is 0 Å². The van der Waals surface area contributed by atoms with Crippen molar-refractivity contribution >= 4 is 0 Å². The average molecular weight is 213 g/mol. The number of hydrogen-bond donors (Lipinski definition) is 1. The van der Waals surface area contributed by atoms with Crippen molar-refractivity contribution in [2.75, 3.05) is 27.3 Å². The Bertz CT molecular complexity index is 288. The van der Waals surface area contributed by atoms with Crippen LogP contribution in [0.2, 0.25) is 0 Å². The maximum absolute atomic E-state index is 9.51. The number of ether oxygens (including phenoxy) is 1. The van der Waals surface area contributed by atoms with Gasteiger partial charge in [0.05, 0.1) is 18.4 Å². The highest BCUT2D eigenvalue weighted by Crippen LogP contribution is 2.00. The predicted molar refractivity (Wildman–Crippen MR) is 57.4 cm³/mol. The molecule has 0 aromatic carbocycles. The minimum absolute atomic E-state index is 0.368. The normalized spacial score (nSPS) is 13.4. The zero-order valence-corrected chi connectivity index (χ0v) is 9.55. The van der Waals surface area contributed by atoms with Crippen LogP contribution in [-0.4, -0.2) is 53.2 Å². The monoisotopic (exact) mass is 213 g/mol. The molecule has 1 atom stereocenters. The Labute approximate surface area is 90.3 Å². The molecule has 0 aliphatic rings. The highest BCUT2D eigenvalue weighted by Gasteiger charge is 2.09. The van der Waals surface area contributed by atoms with Crippen LogP contribution in [-0.2, 0) is 18.3 Å². The molecule has 0 bridgehead atoms. The minimum Gasteiger partial charge on any atom is -0.389 e. The van der Waals surface area contributed by atoms with Crippen LogP contribution in [0, 0.1) is 0 Å². The topological polar surface area (TPSA) is 50.5 Å². The Morgan fingerprint density at radius 3 is 2.93 bits per heavy atom. The number of aliphatic hydroxyl groups is 1. The second-order valence-corrected chi connectivity index (χ2v) is 3.79. The molecule has 0 saturated heterocycles. The van der Waals surface area contributed by atoms with E-state index in [0.29, 0.717) is 13.2 Å². The Balaban J connectivity index is 2.32. The van der Waals surface area contributed by atoms with Gasteiger partial charge in [-0.1, -0.05) is 0 Å². The first kappa shape index (κ1) is 12.2. The van der Waals surface area contributed by atoms with Crippen LogP contribution in [0.5, 0.6) is 0 Å². The van der Waals surface area contributed by atoms with Gasteiger partial charge in [0.1, 0.15) is 0 Å². The van der Waals surface area contributed by atoms with E-state index in [0.717, 1.165) is 12.2 Å². The molecule has 0 amide bonds. The van der Waals surface area contributed by atoms with E-state index >= 15 is 0 Å². The summed E-state index contributed by atoms with van der Waals surface area (Å²) in [4.78, 5) is 2.02. The number of rotatable bonds is 6. The standard InChI is InChI=1S/C10H19N3O2/c1-12(7-10(14)8-15-3)6-9-4-5-13(2)11-9/h4-5,10,14H,6-8H2,1-3H3. The van der Waals surface area contributed by atoms with Crippen LogP contribution < -0.4 is 0 Å². The van der Waals surface area contributed by atoms with E-state index in [1.54, 1.807) is 11.8 Å². The summed E-state index contributed by atoms with van der Waals surface area (Å²) in [6, 6.07) is 1.97. The fourth-order valence-electron chi connectivity index (χ4n) is 1.49. The predicted octanol–water partition coefficient (Wildman–Crippen LogP) is -0.141. The molecule has 15 heavy (non-hydrogen) atoms. The number of hydrogen-bond acceptors (Lipinski definition) is 4. The molecule has 1 unspecified atom stereocenters. The fourth-order valence-corrected chi connectivity index (χ4v) is 1.49. The summed E-state index contributed by atoms with van der Waals surface area (Å²) in [5, 5.41) is 13.8. The zero-order valence-electron chi connectivity index (χ0n) is 9.55. The highest BCUT2D eigenvalue weighted by atomic mass is 16.5. The molecule has 5 nitrogen and oxygen atoms in total. The van der Waals surface area contributed by atoms with Gasteiger partial charge >= 0.3 is 0 Å². The summed E-state index contributed by atoms with van der Waals surface area (Å²) in [7, 11) is 5.43. The summed E-state index contributed by atoms with van der Waals surface area (Å²) in [6.07, 6.45) is 1.47. The van der Waals surface area contributed by atoms with Crippen LogP contribution >= 0.6 is 0 Å². The third-order valence-electron chi connectivity index (χ3n) is 2.08. The second kappa shape index (κ2) is 5.85. The van der Waals surface area contributed by atoms with Gasteiger partial charge in [-0.15, -0.1) is 0 Å². The van der Waals surface area contributed by atoms with Crippen molar-refractivity contribution in [2.45, 2.75) is 12.6 Å². The number of methoxy groups -OCH3 is 1. The molecule has 0 aliphatic carbocycles. The average Bonchev–Trinajstić information content (AvgIpc) is 2.51. The lowest BCUT2D eigenvalue weighted by Crippen LogP contribution is -2.31. The molecular weight excluding hydrogens is 194 g/mol. The number of aromatic nitrogens is 2. The van der Waals surface area contributed by atoms with Crippen LogP contribution in [0.15, 0.2) is 12.3 Å². The zero-order chi connectivity index (χ0) is 11.3. The molecular formula is C10H19N3O2. The van der Waals surface area contributed by atoms with Crippen LogP contribution in [0.1, 0.15) is 5.69 Å². The van der Waals surface area contributed by atoms with Crippen molar-refractivity contribution in [3.05, 3.63) is 18.0 Å². The third-order valence-corrected chi connectivity index (χ3v) is 2.08. The van der Waals surface area contributed by atoms with Crippen molar-refractivity contribution < 1.29 is 9.84 Å². The van der Waals surface area contributed by atoms with E-state index in [4.69, 9.17) is 4.74 Å². The maximum atomic E-state index is 9.51. The molecule has 0 spiro atoms. The van der Waals surface area contributed by atoms with E-state index in [9.17, 15) is 5.11 Å². The minimum atomic E-state index is -0.441. The SMILES string of the molecule is COCC(O)CN(C)Cc1ccn(C)n1. The Morgan fingerprint density at radius 2 is 2.40 bits per heavy atom. The second-order valence-electron chi connectivity index (χ2n) is 3.79. The first-order valence-electron chi connectivity index (χ1n) is 4.96. The number of aliphatic hydroxyl groups excluding tert-OH is 1. The lowest BCUT2D eigenvalue weighted by molar-refractivity contribution is 0.0416. The number of aryl methyl sites for hydroxylation is 1. The molecule has 5 heteroatoms. The van der Waals surface area contributed by atoms with Gasteiger partial charge in [-0.25, -0.2) is 0 Å². The van der Waals surface area contributed by atoms with Crippen molar-refractivity contribution in [1.82, 2.24) is 14.7 Å². The van der Waals surface area contributed by atoms with E-state index in [1.165, 1.54) is 0 Å². The van der Waals surface area contributed by atoms with Gasteiger partial charge in [0.2, 0.25) is 0 Å². The maximum Gasteiger partial charge on any atom is 0.0900 e. The summed E-state index contributed by atoms with van der Waals surface area (Å²) in [5.41, 5.74) is 1.00. The van der Waals surface area contributed by atoms with Gasteiger partial charge in [0.15, 0.2) is 0 Å². The summed E-state index contributed by atoms with van der Waals surface area (Å²) in [5.74, 6) is 0. The largest absolute Gasteiger partial charge is 0.389 e. The third kappa shape index (κ3) is 4.42. The van der Waals surface area contributed by atoms with Crippen molar-refractivity contribution in [3.8, 4) is 0 Å². The first-order valence-corrected chi connectivity index (χ1v) is 4.96. The van der Waals surface area contributed by atoms with Gasteiger partial charge < -0.3 is 9.84 Å². The van der Waals surface area contributed by atoms with E-state index in [-0.39, 0.29) is 0 Å². The summed E-state index contributed by atoms with van der Waals surface area (Å²) < 4.78 is 6.63. The van der Waals surface area contributed by atoms with Gasteiger partial charge in [-0.05, 0) is 13.1 Å². The van der Waals surface area contributed by atoms with Crippen LogP contribution in [0.25, 0.3) is 0 Å². The smallest absolute Gasteiger partial charge is 0.0900 e. The molecule has 0 fully saturated rings. The molecule has 1 aromatic rings. The molecule has 1 N–H and O–H groups in total. The lowest BCUT2D eigenvalue weighted by atomic mass is 10.3. The van der Waals surface area contributed by atoms with Crippen molar-refractivity contribution in [3.63, 3.8) is 0 Å².